The average Bonchev–Trinajstić information content (AvgIpc) is 2.27. The standard InChI is InChI=1S/C13H18F3NOS/c1-8(17)4-9-6-12(19-3)10(5-11(9)18-2)7-13(14,15)16/h5-6,8H,4,7,17H2,1-3H3. The third kappa shape index (κ3) is 4.95. The summed E-state index contributed by atoms with van der Waals surface area (Å²) < 4.78 is 42.8. The highest BCUT2D eigenvalue weighted by molar-refractivity contribution is 7.98. The Labute approximate surface area is 115 Å². The van der Waals surface area contributed by atoms with E-state index in [2.05, 4.69) is 0 Å². The summed E-state index contributed by atoms with van der Waals surface area (Å²) in [6, 6.07) is 3.14. The highest BCUT2D eigenvalue weighted by Gasteiger charge is 2.29. The third-order valence-electron chi connectivity index (χ3n) is 2.62. The van der Waals surface area contributed by atoms with E-state index in [0.717, 1.165) is 5.56 Å². The van der Waals surface area contributed by atoms with E-state index in [1.165, 1.54) is 24.9 Å². The van der Waals surface area contributed by atoms with Gasteiger partial charge in [-0.2, -0.15) is 13.2 Å². The Morgan fingerprint density at radius 1 is 1.32 bits per heavy atom. The van der Waals surface area contributed by atoms with E-state index in [1.54, 1.807) is 12.3 Å². The van der Waals surface area contributed by atoms with Gasteiger partial charge >= 0.3 is 6.18 Å². The zero-order chi connectivity index (χ0) is 14.6. The number of methoxy groups -OCH3 is 1. The van der Waals surface area contributed by atoms with Gasteiger partial charge in [0.25, 0.3) is 0 Å². The number of thioether (sulfide) groups is 1. The van der Waals surface area contributed by atoms with Gasteiger partial charge in [0.05, 0.1) is 13.5 Å². The van der Waals surface area contributed by atoms with Crippen LogP contribution in [0.25, 0.3) is 0 Å². The predicted molar refractivity (Wildman–Crippen MR) is 71.9 cm³/mol. The van der Waals surface area contributed by atoms with E-state index in [4.69, 9.17) is 10.5 Å². The number of alkyl halides is 3. The molecule has 108 valence electrons. The van der Waals surface area contributed by atoms with Crippen LogP contribution in [-0.4, -0.2) is 25.6 Å². The molecule has 19 heavy (non-hydrogen) atoms. The second kappa shape index (κ2) is 6.52. The Kier molecular flexibility index (Phi) is 5.55. The van der Waals surface area contributed by atoms with Crippen LogP contribution in [0.3, 0.4) is 0 Å². The second-order valence-electron chi connectivity index (χ2n) is 4.45. The van der Waals surface area contributed by atoms with E-state index >= 15 is 0 Å². The number of hydrogen-bond acceptors (Lipinski definition) is 3. The summed E-state index contributed by atoms with van der Waals surface area (Å²) in [4.78, 5) is 0.619. The van der Waals surface area contributed by atoms with Crippen molar-refractivity contribution in [1.82, 2.24) is 0 Å². The van der Waals surface area contributed by atoms with E-state index in [9.17, 15) is 13.2 Å². The van der Waals surface area contributed by atoms with E-state index in [0.29, 0.717) is 17.1 Å². The van der Waals surface area contributed by atoms with Crippen molar-refractivity contribution in [2.75, 3.05) is 13.4 Å². The summed E-state index contributed by atoms with van der Waals surface area (Å²) >= 11 is 1.30. The van der Waals surface area contributed by atoms with Gasteiger partial charge in [0, 0.05) is 10.9 Å². The molecule has 1 aromatic carbocycles. The zero-order valence-corrected chi connectivity index (χ0v) is 12.0. The molecule has 1 atom stereocenters. The number of rotatable bonds is 5. The molecule has 1 unspecified atom stereocenters. The molecule has 0 aromatic heterocycles. The molecule has 0 aliphatic heterocycles. The maximum Gasteiger partial charge on any atom is 0.393 e. The van der Waals surface area contributed by atoms with Crippen molar-refractivity contribution in [2.24, 2.45) is 5.73 Å². The molecule has 1 aromatic rings. The van der Waals surface area contributed by atoms with Crippen molar-refractivity contribution < 1.29 is 17.9 Å². The first kappa shape index (κ1) is 16.2. The highest BCUT2D eigenvalue weighted by atomic mass is 32.2. The van der Waals surface area contributed by atoms with Crippen molar-refractivity contribution in [3.63, 3.8) is 0 Å². The number of benzene rings is 1. The van der Waals surface area contributed by atoms with E-state index < -0.39 is 12.6 Å². The fourth-order valence-electron chi connectivity index (χ4n) is 1.88. The third-order valence-corrected chi connectivity index (χ3v) is 3.44. The fourth-order valence-corrected chi connectivity index (χ4v) is 2.54. The number of nitrogens with two attached hydrogens (primary N) is 1. The molecular formula is C13H18F3NOS. The van der Waals surface area contributed by atoms with Crippen LogP contribution in [0.4, 0.5) is 13.2 Å². The molecule has 1 rings (SSSR count). The Balaban J connectivity index is 3.19. The molecule has 0 saturated carbocycles. The lowest BCUT2D eigenvalue weighted by molar-refractivity contribution is -0.127. The van der Waals surface area contributed by atoms with Crippen LogP contribution in [0.5, 0.6) is 5.75 Å². The Bertz CT molecular complexity index is 433. The number of ether oxygens (including phenoxy) is 1. The van der Waals surface area contributed by atoms with Crippen LogP contribution in [0.2, 0.25) is 0 Å². The van der Waals surface area contributed by atoms with Gasteiger partial charge in [-0.05, 0) is 42.9 Å². The van der Waals surface area contributed by atoms with Crippen molar-refractivity contribution >= 4 is 11.8 Å². The maximum atomic E-state index is 12.5. The van der Waals surface area contributed by atoms with Crippen LogP contribution in [0, 0.1) is 0 Å². The van der Waals surface area contributed by atoms with Crippen molar-refractivity contribution in [1.29, 1.82) is 0 Å². The van der Waals surface area contributed by atoms with Gasteiger partial charge in [0.2, 0.25) is 0 Å². The van der Waals surface area contributed by atoms with Crippen molar-refractivity contribution in [3.05, 3.63) is 23.3 Å². The summed E-state index contributed by atoms with van der Waals surface area (Å²) in [7, 11) is 1.45. The normalized spacial score (nSPS) is 13.4. The first-order valence-electron chi connectivity index (χ1n) is 5.83. The van der Waals surface area contributed by atoms with Gasteiger partial charge in [0.15, 0.2) is 0 Å². The highest BCUT2D eigenvalue weighted by Crippen LogP contribution is 2.33. The van der Waals surface area contributed by atoms with Crippen LogP contribution in [0.15, 0.2) is 17.0 Å². The van der Waals surface area contributed by atoms with Crippen LogP contribution in [-0.2, 0) is 12.8 Å². The molecule has 0 fully saturated rings. The Hall–Kier alpha value is -0.880. The molecule has 0 bridgehead atoms. The summed E-state index contributed by atoms with van der Waals surface area (Å²) in [5.41, 5.74) is 6.82. The summed E-state index contributed by atoms with van der Waals surface area (Å²) in [5.74, 6) is 0.467. The zero-order valence-electron chi connectivity index (χ0n) is 11.2. The Morgan fingerprint density at radius 2 is 1.95 bits per heavy atom. The molecule has 0 heterocycles. The van der Waals surface area contributed by atoms with E-state index in [1.807, 2.05) is 6.92 Å². The topological polar surface area (TPSA) is 35.2 Å². The summed E-state index contributed by atoms with van der Waals surface area (Å²) in [5, 5.41) is 0. The molecule has 2 N–H and O–H groups in total. The lowest BCUT2D eigenvalue weighted by Gasteiger charge is -2.16. The first-order chi connectivity index (χ1) is 8.76. The SMILES string of the molecule is COc1cc(CC(F)(F)F)c(SC)cc1CC(C)N. The largest absolute Gasteiger partial charge is 0.496 e. The lowest BCUT2D eigenvalue weighted by Crippen LogP contribution is -2.19. The van der Waals surface area contributed by atoms with Crippen molar-refractivity contribution in [2.45, 2.75) is 36.9 Å². The van der Waals surface area contributed by atoms with Crippen LogP contribution >= 0.6 is 11.8 Å². The smallest absolute Gasteiger partial charge is 0.393 e. The quantitative estimate of drug-likeness (QED) is 0.845. The number of hydrogen-bond donors (Lipinski definition) is 1. The van der Waals surface area contributed by atoms with Gasteiger partial charge in [-0.15, -0.1) is 11.8 Å². The van der Waals surface area contributed by atoms with Gasteiger partial charge < -0.3 is 10.5 Å². The first-order valence-corrected chi connectivity index (χ1v) is 7.05. The molecule has 0 aliphatic rings. The molecule has 2 nitrogen and oxygen atoms in total. The van der Waals surface area contributed by atoms with Crippen molar-refractivity contribution in [3.8, 4) is 5.75 Å². The minimum Gasteiger partial charge on any atom is -0.496 e. The van der Waals surface area contributed by atoms with E-state index in [-0.39, 0.29) is 11.6 Å². The van der Waals surface area contributed by atoms with Crippen LogP contribution in [0.1, 0.15) is 18.1 Å². The lowest BCUT2D eigenvalue weighted by atomic mass is 10.0. The molecule has 0 spiro atoms. The summed E-state index contributed by atoms with van der Waals surface area (Å²) in [6.45, 7) is 1.85. The molecule has 0 radical (unpaired) electrons. The van der Waals surface area contributed by atoms with Gasteiger partial charge in [-0.25, -0.2) is 0 Å². The monoisotopic (exact) mass is 293 g/mol. The summed E-state index contributed by atoms with van der Waals surface area (Å²) in [6.07, 6.45) is -2.84. The van der Waals surface area contributed by atoms with Gasteiger partial charge in [0.1, 0.15) is 5.75 Å². The minimum atomic E-state index is -4.22. The molecular weight excluding hydrogens is 275 g/mol. The van der Waals surface area contributed by atoms with Gasteiger partial charge in [-0.3, -0.25) is 0 Å². The second-order valence-corrected chi connectivity index (χ2v) is 5.30. The predicted octanol–water partition coefficient (Wildman–Crippen LogP) is 3.41. The Morgan fingerprint density at radius 3 is 2.37 bits per heavy atom. The van der Waals surface area contributed by atoms with Gasteiger partial charge in [-0.1, -0.05) is 0 Å². The average molecular weight is 293 g/mol. The number of halogens is 3. The molecule has 0 amide bonds. The molecule has 0 saturated heterocycles. The maximum absolute atomic E-state index is 12.5. The minimum absolute atomic E-state index is 0.0722. The molecule has 6 heteroatoms. The van der Waals surface area contributed by atoms with Crippen LogP contribution < -0.4 is 10.5 Å². The molecule has 0 aliphatic carbocycles. The fraction of sp³-hybridized carbons (Fsp3) is 0.538.